The molecule has 0 saturated heterocycles. The number of hydrogen-bond acceptors (Lipinski definition) is 6. The molecule has 0 unspecified atom stereocenters. The van der Waals surface area contributed by atoms with Crippen molar-refractivity contribution in [1.82, 2.24) is 4.90 Å². The predicted molar refractivity (Wildman–Crippen MR) is 126 cm³/mol. The first kappa shape index (κ1) is 22.9. The minimum Gasteiger partial charge on any atom is -0.461 e. The molecule has 3 heterocycles. The Morgan fingerprint density at radius 3 is 2.31 bits per heavy atom. The number of nitrogens with zero attached hydrogens (tertiary/aromatic N) is 1. The number of benzene rings is 1. The molecular weight excluding hydrogens is 445 g/mol. The molecule has 0 aliphatic carbocycles. The van der Waals surface area contributed by atoms with E-state index in [1.807, 2.05) is 53.2 Å². The van der Waals surface area contributed by atoms with Crippen LogP contribution >= 0.6 is 22.7 Å². The average Bonchev–Trinajstić information content (AvgIpc) is 3.57. The van der Waals surface area contributed by atoms with E-state index in [1.165, 1.54) is 28.7 Å². The van der Waals surface area contributed by atoms with E-state index in [0.29, 0.717) is 31.0 Å². The van der Waals surface area contributed by atoms with Crippen LogP contribution in [-0.4, -0.2) is 30.3 Å². The standard InChI is InChI=1S/C25H26FNO3S2/c1-29-14-6-13-27(17-19-7-2-3-8-21(19)26)18-20-11-12-22(30-20)25(28,23-9-4-15-31-23)24-10-5-16-32-24/h2-5,7-12,15-16,28H,6,13-14,17-18H2,1H3. The second-order valence-corrected chi connectivity index (χ2v) is 9.47. The molecule has 3 aromatic heterocycles. The number of aliphatic hydroxyl groups is 1. The fraction of sp³-hybridized carbons (Fsp3) is 0.280. The largest absolute Gasteiger partial charge is 0.461 e. The van der Waals surface area contributed by atoms with Crippen LogP contribution in [0.3, 0.4) is 0 Å². The summed E-state index contributed by atoms with van der Waals surface area (Å²) in [5.41, 5.74) is -0.683. The van der Waals surface area contributed by atoms with Crippen molar-refractivity contribution in [1.29, 1.82) is 0 Å². The molecule has 0 amide bonds. The maximum Gasteiger partial charge on any atom is 0.191 e. The number of ether oxygens (including phenoxy) is 1. The van der Waals surface area contributed by atoms with Crippen LogP contribution in [0, 0.1) is 5.82 Å². The molecule has 32 heavy (non-hydrogen) atoms. The minimum absolute atomic E-state index is 0.214. The molecule has 0 aliphatic rings. The highest BCUT2D eigenvalue weighted by Gasteiger charge is 2.39. The Labute approximate surface area is 195 Å². The quantitative estimate of drug-likeness (QED) is 0.278. The molecule has 1 N–H and O–H groups in total. The molecule has 1 aromatic carbocycles. The number of furan rings is 1. The molecule has 0 bridgehead atoms. The van der Waals surface area contributed by atoms with E-state index >= 15 is 0 Å². The van der Waals surface area contributed by atoms with Crippen LogP contribution in [0.5, 0.6) is 0 Å². The van der Waals surface area contributed by atoms with E-state index in [-0.39, 0.29) is 5.82 Å². The molecule has 7 heteroatoms. The maximum absolute atomic E-state index is 14.2. The molecule has 0 spiro atoms. The van der Waals surface area contributed by atoms with Gasteiger partial charge in [-0.3, -0.25) is 4.90 Å². The smallest absolute Gasteiger partial charge is 0.191 e. The van der Waals surface area contributed by atoms with Crippen molar-refractivity contribution >= 4 is 22.7 Å². The summed E-state index contributed by atoms with van der Waals surface area (Å²) in [6, 6.07) is 18.2. The van der Waals surface area contributed by atoms with E-state index in [2.05, 4.69) is 4.90 Å². The zero-order chi connectivity index (χ0) is 22.4. The third kappa shape index (κ3) is 5.03. The summed E-state index contributed by atoms with van der Waals surface area (Å²) in [5.74, 6) is 0.995. The van der Waals surface area contributed by atoms with Crippen LogP contribution in [0.4, 0.5) is 4.39 Å². The summed E-state index contributed by atoms with van der Waals surface area (Å²) >= 11 is 2.99. The van der Waals surface area contributed by atoms with Gasteiger partial charge >= 0.3 is 0 Å². The predicted octanol–water partition coefficient (Wildman–Crippen LogP) is 5.86. The van der Waals surface area contributed by atoms with E-state index in [4.69, 9.17) is 9.15 Å². The van der Waals surface area contributed by atoms with Gasteiger partial charge in [-0.1, -0.05) is 30.3 Å². The number of halogens is 1. The average molecular weight is 472 g/mol. The van der Waals surface area contributed by atoms with Gasteiger partial charge in [-0.2, -0.15) is 0 Å². The van der Waals surface area contributed by atoms with Crippen molar-refractivity contribution in [3.05, 3.63) is 104 Å². The van der Waals surface area contributed by atoms with Crippen molar-refractivity contribution in [2.24, 2.45) is 0 Å². The second-order valence-electron chi connectivity index (χ2n) is 7.58. The highest BCUT2D eigenvalue weighted by atomic mass is 32.1. The first-order valence-electron chi connectivity index (χ1n) is 10.5. The number of thiophene rings is 2. The molecular formula is C25H26FNO3S2. The number of methoxy groups -OCH3 is 1. The fourth-order valence-corrected chi connectivity index (χ4v) is 5.47. The first-order valence-corrected chi connectivity index (χ1v) is 12.2. The highest BCUT2D eigenvalue weighted by Crippen LogP contribution is 2.41. The third-order valence-electron chi connectivity index (χ3n) is 5.33. The van der Waals surface area contributed by atoms with Gasteiger partial charge in [-0.05, 0) is 47.5 Å². The lowest BCUT2D eigenvalue weighted by atomic mass is 9.97. The topological polar surface area (TPSA) is 45.8 Å². The van der Waals surface area contributed by atoms with Crippen molar-refractivity contribution < 1.29 is 18.7 Å². The van der Waals surface area contributed by atoms with Gasteiger partial charge in [-0.15, -0.1) is 22.7 Å². The Kier molecular flexibility index (Phi) is 7.55. The maximum atomic E-state index is 14.2. The molecule has 4 rings (SSSR count). The van der Waals surface area contributed by atoms with Crippen LogP contribution in [0.25, 0.3) is 0 Å². The summed E-state index contributed by atoms with van der Waals surface area (Å²) in [6.45, 7) is 2.33. The van der Waals surface area contributed by atoms with E-state index < -0.39 is 5.60 Å². The highest BCUT2D eigenvalue weighted by molar-refractivity contribution is 7.11. The van der Waals surface area contributed by atoms with Crippen molar-refractivity contribution in [3.63, 3.8) is 0 Å². The van der Waals surface area contributed by atoms with E-state index in [9.17, 15) is 9.50 Å². The molecule has 0 aliphatic heterocycles. The van der Waals surface area contributed by atoms with Crippen molar-refractivity contribution in [2.75, 3.05) is 20.3 Å². The summed E-state index contributed by atoms with van der Waals surface area (Å²) in [7, 11) is 1.68. The summed E-state index contributed by atoms with van der Waals surface area (Å²) in [4.78, 5) is 3.75. The summed E-state index contributed by atoms with van der Waals surface area (Å²) in [5, 5.41) is 15.6. The van der Waals surface area contributed by atoms with Gasteiger partial charge in [0.05, 0.1) is 6.54 Å². The van der Waals surface area contributed by atoms with Crippen LogP contribution < -0.4 is 0 Å². The lowest BCUT2D eigenvalue weighted by Gasteiger charge is -2.24. The molecule has 168 valence electrons. The van der Waals surface area contributed by atoms with E-state index in [1.54, 1.807) is 19.2 Å². The normalized spacial score (nSPS) is 12.0. The summed E-state index contributed by atoms with van der Waals surface area (Å²) < 4.78 is 25.6. The van der Waals surface area contributed by atoms with E-state index in [0.717, 1.165) is 28.5 Å². The molecule has 4 nitrogen and oxygen atoms in total. The lowest BCUT2D eigenvalue weighted by molar-refractivity contribution is 0.102. The Balaban J connectivity index is 1.58. The molecule has 0 fully saturated rings. The van der Waals surface area contributed by atoms with Crippen LogP contribution in [0.15, 0.2) is 75.8 Å². The monoisotopic (exact) mass is 471 g/mol. The van der Waals surface area contributed by atoms with Gasteiger partial charge in [0.1, 0.15) is 17.3 Å². The first-order chi connectivity index (χ1) is 15.6. The van der Waals surface area contributed by atoms with Gasteiger partial charge in [0.2, 0.25) is 0 Å². The van der Waals surface area contributed by atoms with Crippen LogP contribution in [0.1, 0.15) is 33.3 Å². The van der Waals surface area contributed by atoms with Gasteiger partial charge in [-0.25, -0.2) is 4.39 Å². The lowest BCUT2D eigenvalue weighted by Crippen LogP contribution is -2.26. The molecule has 4 aromatic rings. The Morgan fingerprint density at radius 1 is 0.969 bits per heavy atom. The summed E-state index contributed by atoms with van der Waals surface area (Å²) in [6.07, 6.45) is 0.826. The Hall–Kier alpha value is -2.29. The Morgan fingerprint density at radius 2 is 1.69 bits per heavy atom. The minimum atomic E-state index is -1.33. The molecule has 0 saturated carbocycles. The van der Waals surface area contributed by atoms with Gasteiger partial charge in [0.25, 0.3) is 0 Å². The SMILES string of the molecule is COCCCN(Cc1ccc(C(O)(c2cccs2)c2cccs2)o1)Cc1ccccc1F. The second kappa shape index (κ2) is 10.6. The van der Waals surface area contributed by atoms with Gasteiger partial charge in [0, 0.05) is 42.1 Å². The van der Waals surface area contributed by atoms with Gasteiger partial charge in [0.15, 0.2) is 5.60 Å². The fourth-order valence-electron chi connectivity index (χ4n) is 3.72. The Bertz CT molecular complexity index is 1060. The molecule has 0 atom stereocenters. The number of hydrogen-bond donors (Lipinski definition) is 1. The van der Waals surface area contributed by atoms with Crippen LogP contribution in [0.2, 0.25) is 0 Å². The number of rotatable bonds is 11. The van der Waals surface area contributed by atoms with Crippen LogP contribution in [-0.2, 0) is 23.4 Å². The third-order valence-corrected chi connectivity index (χ3v) is 7.29. The molecule has 0 radical (unpaired) electrons. The van der Waals surface area contributed by atoms with Crippen molar-refractivity contribution in [2.45, 2.75) is 25.1 Å². The zero-order valence-corrected chi connectivity index (χ0v) is 19.5. The zero-order valence-electron chi connectivity index (χ0n) is 17.9. The van der Waals surface area contributed by atoms with Crippen molar-refractivity contribution in [3.8, 4) is 0 Å². The van der Waals surface area contributed by atoms with Gasteiger partial charge < -0.3 is 14.3 Å².